The molecule has 0 bridgehead atoms. The van der Waals surface area contributed by atoms with Crippen LogP contribution in [0.4, 0.5) is 26.6 Å². The number of alkyl carbamates (subject to hydrolysis) is 1. The molecule has 0 aliphatic rings. The lowest BCUT2D eigenvalue weighted by Gasteiger charge is -2.22. The van der Waals surface area contributed by atoms with Crippen molar-refractivity contribution in [1.29, 1.82) is 0 Å². The Morgan fingerprint density at radius 1 is 1.00 bits per heavy atom. The first kappa shape index (κ1) is 28.0. The number of aryl methyl sites for hydroxylation is 1. The third-order valence-electron chi connectivity index (χ3n) is 5.65. The van der Waals surface area contributed by atoms with Crippen LogP contribution in [0.1, 0.15) is 32.3 Å². The van der Waals surface area contributed by atoms with E-state index in [4.69, 9.17) is 4.74 Å². The number of amides is 2. The van der Waals surface area contributed by atoms with Crippen LogP contribution in [0, 0.1) is 5.95 Å². The normalized spacial score (nSPS) is 11.8. The quantitative estimate of drug-likeness (QED) is 0.178. The molecule has 0 fully saturated rings. The molecule has 0 saturated heterocycles. The maximum absolute atomic E-state index is 14.5. The summed E-state index contributed by atoms with van der Waals surface area (Å²) in [6.07, 6.45) is 2.62. The van der Waals surface area contributed by atoms with Crippen LogP contribution in [0.5, 0.6) is 0 Å². The molecule has 3 aromatic heterocycles. The first-order valence-electron chi connectivity index (χ1n) is 12.5. The van der Waals surface area contributed by atoms with Crippen LogP contribution in [-0.2, 0) is 16.6 Å². The van der Waals surface area contributed by atoms with E-state index >= 15 is 0 Å². The largest absolute Gasteiger partial charge is 0.444 e. The number of aromatic nitrogens is 4. The van der Waals surface area contributed by atoms with Crippen molar-refractivity contribution in [2.75, 3.05) is 17.3 Å². The van der Waals surface area contributed by atoms with E-state index in [9.17, 15) is 14.0 Å². The Hall–Kier alpha value is -5.00. The van der Waals surface area contributed by atoms with Gasteiger partial charge in [0.15, 0.2) is 0 Å². The lowest BCUT2D eigenvalue weighted by molar-refractivity contribution is -0.122. The number of carbonyl (C=O) groups is 2. The number of carbonyl (C=O) groups excluding carboxylic acids is 2. The molecule has 11 nitrogen and oxygen atoms in total. The van der Waals surface area contributed by atoms with Gasteiger partial charge in [-0.3, -0.25) is 20.3 Å². The SMILES string of the molecule is Cn1nccc1Nc1cc(-c2cc(F)nc(NNC(=O)C(CNC(=O)OC(C)(C)C)c3ccccc3)c2)ccn1. The van der Waals surface area contributed by atoms with Crippen molar-refractivity contribution in [3.63, 3.8) is 0 Å². The van der Waals surface area contributed by atoms with Crippen molar-refractivity contribution in [2.24, 2.45) is 7.05 Å². The average Bonchev–Trinajstić information content (AvgIpc) is 3.31. The number of benzene rings is 1. The number of nitrogens with zero attached hydrogens (tertiary/aromatic N) is 4. The van der Waals surface area contributed by atoms with Gasteiger partial charge in [0.25, 0.3) is 0 Å². The van der Waals surface area contributed by atoms with Crippen LogP contribution in [0.3, 0.4) is 0 Å². The molecule has 208 valence electrons. The van der Waals surface area contributed by atoms with E-state index in [2.05, 4.69) is 36.6 Å². The molecular weight excluding hydrogens is 515 g/mol. The average molecular weight is 547 g/mol. The van der Waals surface area contributed by atoms with Gasteiger partial charge < -0.3 is 15.4 Å². The first-order chi connectivity index (χ1) is 19.1. The molecule has 1 aromatic carbocycles. The highest BCUT2D eigenvalue weighted by atomic mass is 19.1. The summed E-state index contributed by atoms with van der Waals surface area (Å²) in [5.74, 6) is -0.572. The van der Waals surface area contributed by atoms with Gasteiger partial charge in [0.1, 0.15) is 23.1 Å². The summed E-state index contributed by atoms with van der Waals surface area (Å²) in [5.41, 5.74) is 6.47. The van der Waals surface area contributed by atoms with E-state index in [0.29, 0.717) is 22.5 Å². The number of hydrazine groups is 1. The number of rotatable bonds is 9. The Kier molecular flexibility index (Phi) is 8.57. The number of pyridine rings is 2. The Morgan fingerprint density at radius 2 is 1.75 bits per heavy atom. The van der Waals surface area contributed by atoms with Gasteiger partial charge in [0.2, 0.25) is 11.9 Å². The number of hydrogen-bond acceptors (Lipinski definition) is 8. The molecule has 0 spiro atoms. The van der Waals surface area contributed by atoms with Crippen LogP contribution in [0.2, 0.25) is 0 Å². The van der Waals surface area contributed by atoms with E-state index in [-0.39, 0.29) is 12.4 Å². The van der Waals surface area contributed by atoms with Gasteiger partial charge in [0, 0.05) is 31.9 Å². The number of ether oxygens (including phenoxy) is 1. The minimum Gasteiger partial charge on any atom is -0.444 e. The number of halogens is 1. The second kappa shape index (κ2) is 12.2. The van der Waals surface area contributed by atoms with E-state index in [1.54, 1.807) is 93.4 Å². The predicted molar refractivity (Wildman–Crippen MR) is 149 cm³/mol. The van der Waals surface area contributed by atoms with Gasteiger partial charge in [-0.05, 0) is 55.7 Å². The smallest absolute Gasteiger partial charge is 0.407 e. The van der Waals surface area contributed by atoms with Crippen LogP contribution in [0.25, 0.3) is 11.1 Å². The van der Waals surface area contributed by atoms with Crippen molar-refractivity contribution in [3.8, 4) is 11.1 Å². The highest BCUT2D eigenvalue weighted by Gasteiger charge is 2.23. The molecule has 2 amide bonds. The van der Waals surface area contributed by atoms with E-state index < -0.39 is 29.5 Å². The Labute approximate surface area is 231 Å². The fraction of sp³-hybridized carbons (Fsp3) is 0.250. The molecule has 4 aromatic rings. The van der Waals surface area contributed by atoms with Gasteiger partial charge in [0.05, 0.1) is 12.1 Å². The first-order valence-corrected chi connectivity index (χ1v) is 12.5. The van der Waals surface area contributed by atoms with Crippen molar-refractivity contribution >= 4 is 29.5 Å². The summed E-state index contributed by atoms with van der Waals surface area (Å²) >= 11 is 0. The Morgan fingerprint density at radius 3 is 2.45 bits per heavy atom. The van der Waals surface area contributed by atoms with Crippen LogP contribution >= 0.6 is 0 Å². The highest BCUT2D eigenvalue weighted by Crippen LogP contribution is 2.25. The third kappa shape index (κ3) is 7.76. The van der Waals surface area contributed by atoms with Gasteiger partial charge in [-0.1, -0.05) is 30.3 Å². The lowest BCUT2D eigenvalue weighted by atomic mass is 9.98. The minimum atomic E-state index is -0.755. The zero-order valence-corrected chi connectivity index (χ0v) is 22.6. The summed E-state index contributed by atoms with van der Waals surface area (Å²) in [6.45, 7) is 5.24. The van der Waals surface area contributed by atoms with Gasteiger partial charge in [-0.15, -0.1) is 0 Å². The standard InChI is InChI=1S/C28H31FN8O3/c1-28(2,3)40-27(39)31-17-21(18-8-6-5-7-9-18)26(38)36-35-24-16-20(14-22(29)33-24)19-10-12-30-23(15-19)34-25-11-13-32-37(25)4/h5-16,21H,17H2,1-4H3,(H,30,34)(H,31,39)(H,33,35)(H,36,38). The maximum atomic E-state index is 14.5. The molecule has 3 heterocycles. The minimum absolute atomic E-state index is 0.0161. The Balaban J connectivity index is 1.47. The monoisotopic (exact) mass is 546 g/mol. The van der Waals surface area contributed by atoms with E-state index in [1.807, 2.05) is 6.07 Å². The van der Waals surface area contributed by atoms with Crippen LogP contribution in [-0.4, -0.2) is 43.9 Å². The fourth-order valence-corrected chi connectivity index (χ4v) is 3.79. The number of anilines is 3. The molecule has 4 rings (SSSR count). The predicted octanol–water partition coefficient (Wildman–Crippen LogP) is 4.51. The van der Waals surface area contributed by atoms with Gasteiger partial charge in [-0.2, -0.15) is 9.49 Å². The fourth-order valence-electron chi connectivity index (χ4n) is 3.79. The maximum Gasteiger partial charge on any atom is 0.407 e. The van der Waals surface area contributed by atoms with Crippen molar-refractivity contribution < 1.29 is 18.7 Å². The molecule has 0 saturated carbocycles. The molecular formula is C28H31FN8O3. The number of nitrogens with one attached hydrogen (secondary N) is 4. The van der Waals surface area contributed by atoms with Crippen LogP contribution < -0.4 is 21.5 Å². The van der Waals surface area contributed by atoms with Crippen LogP contribution in [0.15, 0.2) is 73.1 Å². The highest BCUT2D eigenvalue weighted by molar-refractivity contribution is 5.85. The van der Waals surface area contributed by atoms with Gasteiger partial charge >= 0.3 is 6.09 Å². The molecule has 40 heavy (non-hydrogen) atoms. The molecule has 12 heteroatoms. The lowest BCUT2D eigenvalue weighted by Crippen LogP contribution is -2.41. The zero-order valence-electron chi connectivity index (χ0n) is 22.6. The topological polar surface area (TPSA) is 135 Å². The number of hydrogen-bond donors (Lipinski definition) is 4. The molecule has 1 unspecified atom stereocenters. The van der Waals surface area contributed by atoms with Crippen molar-refractivity contribution in [3.05, 3.63) is 84.6 Å². The summed E-state index contributed by atoms with van der Waals surface area (Å²) in [5, 5.41) is 9.91. The van der Waals surface area contributed by atoms with E-state index in [0.717, 1.165) is 5.82 Å². The van der Waals surface area contributed by atoms with E-state index in [1.165, 1.54) is 6.07 Å². The molecule has 4 N–H and O–H groups in total. The third-order valence-corrected chi connectivity index (χ3v) is 5.65. The molecule has 0 aliphatic carbocycles. The van der Waals surface area contributed by atoms with Crippen molar-refractivity contribution in [1.82, 2.24) is 30.5 Å². The zero-order chi connectivity index (χ0) is 28.7. The van der Waals surface area contributed by atoms with Gasteiger partial charge in [-0.25, -0.2) is 14.8 Å². The second-order valence-corrected chi connectivity index (χ2v) is 9.92. The molecule has 0 radical (unpaired) electrons. The van der Waals surface area contributed by atoms with Crippen molar-refractivity contribution in [2.45, 2.75) is 32.3 Å². The summed E-state index contributed by atoms with van der Waals surface area (Å²) < 4.78 is 21.4. The summed E-state index contributed by atoms with van der Waals surface area (Å²) in [7, 11) is 1.80. The summed E-state index contributed by atoms with van der Waals surface area (Å²) in [4.78, 5) is 33.5. The Bertz CT molecular complexity index is 1470. The summed E-state index contributed by atoms with van der Waals surface area (Å²) in [6, 6.07) is 17.2. The molecule has 0 aliphatic heterocycles. The molecule has 1 atom stereocenters. The second-order valence-electron chi connectivity index (χ2n) is 9.92.